The molecule has 0 amide bonds. The van der Waals surface area contributed by atoms with Gasteiger partial charge < -0.3 is 0 Å². The van der Waals surface area contributed by atoms with Gasteiger partial charge in [-0.05, 0) is 85.0 Å². The van der Waals surface area contributed by atoms with Crippen molar-refractivity contribution in [3.05, 3.63) is 190 Å². The topological polar surface area (TPSA) is 101 Å². The second-order valence-electron chi connectivity index (χ2n) is 11.5. The van der Waals surface area contributed by atoms with Gasteiger partial charge in [0.1, 0.15) is 5.70 Å². The smallest absolute Gasteiger partial charge is 0.104 e. The molecule has 9 heterocycles. The highest BCUT2D eigenvalue weighted by Gasteiger charge is 2.37. The van der Waals surface area contributed by atoms with Gasteiger partial charge in [-0.2, -0.15) is 0 Å². The van der Waals surface area contributed by atoms with Gasteiger partial charge in [0.25, 0.3) is 0 Å². The number of aliphatic imine (C=N–C) groups is 4. The van der Waals surface area contributed by atoms with E-state index < -0.39 is 0 Å². The van der Waals surface area contributed by atoms with Crippen molar-refractivity contribution in [2.24, 2.45) is 20.0 Å². The molecule has 0 radical (unpaired) electrons. The second-order valence-corrected chi connectivity index (χ2v) is 12.2. The first-order chi connectivity index (χ1) is 24.6. The van der Waals surface area contributed by atoms with E-state index >= 15 is 0 Å². The Bertz CT molecular complexity index is 2500. The van der Waals surface area contributed by atoms with Crippen LogP contribution in [-0.4, -0.2) is 42.8 Å². The van der Waals surface area contributed by atoms with Gasteiger partial charge in [0, 0.05) is 41.5 Å². The van der Waals surface area contributed by atoms with Gasteiger partial charge in [-0.3, -0.25) is 19.9 Å². The van der Waals surface area contributed by atoms with E-state index in [4.69, 9.17) is 63.1 Å². The minimum absolute atomic E-state index is 0.297. The number of hydrogen-bond donors (Lipinski definition) is 0. The zero-order chi connectivity index (χ0) is 33.6. The number of hydrogen-bond acceptors (Lipinski definition) is 8. The molecule has 0 saturated carbocycles. The Balaban J connectivity index is 1.46. The van der Waals surface area contributed by atoms with E-state index in [-0.39, 0.29) is 0 Å². The molecule has 0 aromatic carbocycles. The van der Waals surface area contributed by atoms with E-state index in [0.29, 0.717) is 72.5 Å². The minimum atomic E-state index is 0.297. The summed E-state index contributed by atoms with van der Waals surface area (Å²) in [5, 5.41) is 0.630. The third-order valence-electron chi connectivity index (χ3n) is 8.38. The van der Waals surface area contributed by atoms with Crippen molar-refractivity contribution in [3.8, 4) is 0 Å². The SMILES string of the molecule is ClC1=C2N=C(C(c3ccccn3)=C2Cl)C(c2ccccn2)=C2N=C(C=C3C=CC(=N3)C=C3C=CC1=N3)C(c1ccccn1)=C2c1ccccn1. The van der Waals surface area contributed by atoms with Gasteiger partial charge in [-0.15, -0.1) is 0 Å². The Hall–Kier alpha value is -6.22. The summed E-state index contributed by atoms with van der Waals surface area (Å²) < 4.78 is 0. The Labute approximate surface area is 296 Å². The molecule has 0 spiro atoms. The summed E-state index contributed by atoms with van der Waals surface area (Å²) in [5.74, 6) is 0. The second kappa shape index (κ2) is 12.3. The number of pyridine rings is 4. The lowest BCUT2D eigenvalue weighted by atomic mass is 9.90. The lowest BCUT2D eigenvalue weighted by Gasteiger charge is -2.15. The normalized spacial score (nSPS) is 18.0. The van der Waals surface area contributed by atoms with E-state index in [1.165, 1.54) is 0 Å². The third-order valence-corrected chi connectivity index (χ3v) is 9.12. The average Bonchev–Trinajstić information content (AvgIpc) is 3.96. The van der Waals surface area contributed by atoms with Gasteiger partial charge in [0.15, 0.2) is 0 Å². The molecule has 4 aromatic rings. The van der Waals surface area contributed by atoms with Crippen molar-refractivity contribution in [3.63, 3.8) is 0 Å². The molecule has 4 aromatic heterocycles. The zero-order valence-corrected chi connectivity index (χ0v) is 27.5. The number of allylic oxidation sites excluding steroid dienone is 12. The van der Waals surface area contributed by atoms with Crippen molar-refractivity contribution in [2.45, 2.75) is 0 Å². The molecule has 0 N–H and O–H groups in total. The highest BCUT2D eigenvalue weighted by Crippen LogP contribution is 2.47. The Morgan fingerprint density at radius 1 is 0.400 bits per heavy atom. The van der Waals surface area contributed by atoms with E-state index in [1.807, 2.05) is 109 Å². The zero-order valence-electron chi connectivity index (χ0n) is 26.0. The van der Waals surface area contributed by atoms with Crippen LogP contribution in [0.25, 0.3) is 22.3 Å². The fraction of sp³-hybridized carbons (Fsp3) is 0. The van der Waals surface area contributed by atoms with Crippen LogP contribution in [0.5, 0.6) is 0 Å². The molecule has 0 fully saturated rings. The van der Waals surface area contributed by atoms with Crippen LogP contribution >= 0.6 is 23.2 Å². The van der Waals surface area contributed by atoms with Gasteiger partial charge >= 0.3 is 0 Å². The summed E-state index contributed by atoms with van der Waals surface area (Å²) in [6.45, 7) is 0. The number of fused-ring (bicyclic) bond motifs is 4. The van der Waals surface area contributed by atoms with Crippen LogP contribution < -0.4 is 0 Å². The highest BCUT2D eigenvalue weighted by atomic mass is 35.5. The number of rotatable bonds is 4. The first-order valence-corrected chi connectivity index (χ1v) is 16.5. The summed E-state index contributed by atoms with van der Waals surface area (Å²) in [6.07, 6.45) is 18.5. The fourth-order valence-electron chi connectivity index (χ4n) is 6.22. The maximum atomic E-state index is 7.32. The molecular weight excluding hydrogens is 663 g/mol. The number of aromatic nitrogens is 4. The summed E-state index contributed by atoms with van der Waals surface area (Å²) in [6, 6.07) is 23.0. The summed E-state index contributed by atoms with van der Waals surface area (Å²) in [7, 11) is 0. The molecule has 50 heavy (non-hydrogen) atoms. The Kier molecular flexibility index (Phi) is 7.38. The molecule has 5 aliphatic rings. The number of nitrogens with zero attached hydrogens (tertiary/aromatic N) is 8. The molecule has 8 bridgehead atoms. The molecule has 8 nitrogen and oxygen atoms in total. The monoisotopic (exact) mass is 684 g/mol. The van der Waals surface area contributed by atoms with Crippen molar-refractivity contribution in [1.29, 1.82) is 0 Å². The molecule has 236 valence electrons. The highest BCUT2D eigenvalue weighted by molar-refractivity contribution is 6.57. The van der Waals surface area contributed by atoms with Crippen LogP contribution in [0, 0.1) is 0 Å². The largest absolute Gasteiger partial charge is 0.256 e. The fourth-order valence-corrected chi connectivity index (χ4v) is 6.83. The standard InChI is InChI=1S/C40H22Cl2N8/c41-36-30-16-15-24(48-30)21-23-13-14-25(47-23)22-31-32(26-9-1-5-17-43-26)33(27-10-2-6-18-44-27)38(49-31)35(29-12-4-8-20-46-29)39-34(37(42)40(36)50-39)28-11-3-7-19-45-28/h1-22H. The lowest BCUT2D eigenvalue weighted by Crippen LogP contribution is -2.09. The van der Waals surface area contributed by atoms with Gasteiger partial charge in [-0.1, -0.05) is 47.5 Å². The summed E-state index contributed by atoms with van der Waals surface area (Å²) in [5.41, 5.74) is 10.2. The van der Waals surface area contributed by atoms with Crippen molar-refractivity contribution < 1.29 is 0 Å². The molecule has 0 unspecified atom stereocenters. The maximum absolute atomic E-state index is 7.32. The molecular formula is C40H22Cl2N8. The van der Waals surface area contributed by atoms with Crippen molar-refractivity contribution in [1.82, 2.24) is 19.9 Å². The van der Waals surface area contributed by atoms with Crippen LogP contribution in [0.2, 0.25) is 0 Å². The van der Waals surface area contributed by atoms with Crippen molar-refractivity contribution in [2.75, 3.05) is 0 Å². The van der Waals surface area contributed by atoms with Crippen molar-refractivity contribution >= 4 is 68.3 Å². The number of halogens is 2. The molecule has 9 rings (SSSR count). The lowest BCUT2D eigenvalue weighted by molar-refractivity contribution is 1.25. The Morgan fingerprint density at radius 2 is 0.960 bits per heavy atom. The third kappa shape index (κ3) is 5.18. The maximum Gasteiger partial charge on any atom is 0.104 e. The van der Waals surface area contributed by atoms with Crippen LogP contribution in [-0.2, 0) is 0 Å². The van der Waals surface area contributed by atoms with Gasteiger partial charge in [0.2, 0.25) is 0 Å². The average molecular weight is 686 g/mol. The van der Waals surface area contributed by atoms with E-state index in [2.05, 4.69) is 0 Å². The first-order valence-electron chi connectivity index (χ1n) is 15.7. The van der Waals surface area contributed by atoms with Crippen LogP contribution in [0.1, 0.15) is 22.8 Å². The molecule has 10 heteroatoms. The van der Waals surface area contributed by atoms with Crippen LogP contribution in [0.3, 0.4) is 0 Å². The molecule has 0 aliphatic carbocycles. The van der Waals surface area contributed by atoms with Gasteiger partial charge in [-0.25, -0.2) is 20.0 Å². The predicted molar refractivity (Wildman–Crippen MR) is 201 cm³/mol. The predicted octanol–water partition coefficient (Wildman–Crippen LogP) is 8.40. The Morgan fingerprint density at radius 3 is 1.58 bits per heavy atom. The molecule has 5 aliphatic heterocycles. The van der Waals surface area contributed by atoms with Crippen LogP contribution in [0.4, 0.5) is 0 Å². The first kappa shape index (κ1) is 29.9. The molecule has 0 saturated heterocycles. The summed E-state index contributed by atoms with van der Waals surface area (Å²) >= 11 is 14.5. The van der Waals surface area contributed by atoms with E-state index in [0.717, 1.165) is 28.2 Å². The van der Waals surface area contributed by atoms with Gasteiger partial charge in [0.05, 0.1) is 78.4 Å². The van der Waals surface area contributed by atoms with Crippen LogP contribution in [0.15, 0.2) is 187 Å². The molecule has 0 atom stereocenters. The van der Waals surface area contributed by atoms with E-state index in [9.17, 15) is 0 Å². The minimum Gasteiger partial charge on any atom is -0.256 e. The summed E-state index contributed by atoms with van der Waals surface area (Å²) in [4.78, 5) is 39.5. The van der Waals surface area contributed by atoms with E-state index in [1.54, 1.807) is 24.8 Å². The quantitative estimate of drug-likeness (QED) is 0.215.